The Hall–Kier alpha value is -1.36. The molecule has 0 aliphatic carbocycles. The Morgan fingerprint density at radius 2 is 2.19 bits per heavy atom. The molecule has 1 saturated heterocycles. The lowest BCUT2D eigenvalue weighted by molar-refractivity contribution is -0.129. The Bertz CT molecular complexity index is 492. The summed E-state index contributed by atoms with van der Waals surface area (Å²) in [4.78, 5) is 14.1. The highest BCUT2D eigenvalue weighted by Gasteiger charge is 2.29. The molecular formula is C16H23NO3S. The molecule has 5 heteroatoms. The summed E-state index contributed by atoms with van der Waals surface area (Å²) in [6.07, 6.45) is 3.64. The van der Waals surface area contributed by atoms with Crippen molar-refractivity contribution in [2.75, 3.05) is 39.3 Å². The van der Waals surface area contributed by atoms with E-state index >= 15 is 0 Å². The van der Waals surface area contributed by atoms with Crippen LogP contribution in [0.3, 0.4) is 0 Å². The van der Waals surface area contributed by atoms with Gasteiger partial charge in [0.2, 0.25) is 5.91 Å². The van der Waals surface area contributed by atoms with E-state index in [-0.39, 0.29) is 5.91 Å². The first kappa shape index (κ1) is 16.0. The molecule has 116 valence electrons. The van der Waals surface area contributed by atoms with Gasteiger partial charge in [-0.1, -0.05) is 12.1 Å². The molecule has 0 aromatic heterocycles. The number of methoxy groups -OCH3 is 2. The molecule has 1 atom stereocenters. The Morgan fingerprint density at radius 1 is 1.38 bits per heavy atom. The summed E-state index contributed by atoms with van der Waals surface area (Å²) in [6.45, 7) is 1.61. The summed E-state index contributed by atoms with van der Waals surface area (Å²) in [5.41, 5.74) is 1.14. The second-order valence-electron chi connectivity index (χ2n) is 5.15. The first-order chi connectivity index (χ1) is 10.2. The number of rotatable bonds is 6. The van der Waals surface area contributed by atoms with Crippen LogP contribution in [0.2, 0.25) is 0 Å². The van der Waals surface area contributed by atoms with Gasteiger partial charge in [0.25, 0.3) is 0 Å². The van der Waals surface area contributed by atoms with Crippen LogP contribution in [0.15, 0.2) is 18.2 Å². The Balaban J connectivity index is 2.09. The molecule has 1 aliphatic heterocycles. The predicted octanol–water partition coefficient (Wildman–Crippen LogP) is 2.77. The lowest BCUT2D eigenvalue weighted by atomic mass is 9.97. The quantitative estimate of drug-likeness (QED) is 0.810. The fourth-order valence-corrected chi connectivity index (χ4v) is 3.20. The van der Waals surface area contributed by atoms with Crippen molar-refractivity contribution in [3.05, 3.63) is 23.8 Å². The second kappa shape index (κ2) is 7.59. The molecule has 1 fully saturated rings. The van der Waals surface area contributed by atoms with Gasteiger partial charge >= 0.3 is 0 Å². The highest BCUT2D eigenvalue weighted by Crippen LogP contribution is 2.39. The maximum Gasteiger partial charge on any atom is 0.223 e. The topological polar surface area (TPSA) is 38.8 Å². The van der Waals surface area contributed by atoms with E-state index in [1.54, 1.807) is 26.0 Å². The summed E-state index contributed by atoms with van der Waals surface area (Å²) in [5.74, 6) is 3.02. The van der Waals surface area contributed by atoms with Crippen LogP contribution in [0, 0.1) is 0 Å². The number of benzene rings is 1. The molecule has 0 spiro atoms. The van der Waals surface area contributed by atoms with Crippen molar-refractivity contribution in [2.24, 2.45) is 0 Å². The van der Waals surface area contributed by atoms with Crippen LogP contribution in [0.4, 0.5) is 0 Å². The molecular weight excluding hydrogens is 286 g/mol. The van der Waals surface area contributed by atoms with E-state index in [1.165, 1.54) is 0 Å². The van der Waals surface area contributed by atoms with Gasteiger partial charge in [-0.2, -0.15) is 11.8 Å². The van der Waals surface area contributed by atoms with Crippen LogP contribution in [0.5, 0.6) is 11.5 Å². The number of ether oxygens (including phenoxy) is 2. The molecule has 1 amide bonds. The maximum atomic E-state index is 12.1. The van der Waals surface area contributed by atoms with Gasteiger partial charge in [-0.15, -0.1) is 0 Å². The number of amides is 1. The van der Waals surface area contributed by atoms with Crippen LogP contribution in [0.25, 0.3) is 0 Å². The van der Waals surface area contributed by atoms with Crippen LogP contribution in [-0.2, 0) is 4.79 Å². The predicted molar refractivity (Wildman–Crippen MR) is 86.5 cm³/mol. The Labute approximate surface area is 130 Å². The zero-order valence-corrected chi connectivity index (χ0v) is 13.7. The van der Waals surface area contributed by atoms with Crippen molar-refractivity contribution >= 4 is 17.7 Å². The second-order valence-corrected chi connectivity index (χ2v) is 6.14. The average Bonchev–Trinajstić information content (AvgIpc) is 3.01. The molecule has 0 unspecified atom stereocenters. The van der Waals surface area contributed by atoms with E-state index in [1.807, 2.05) is 23.3 Å². The van der Waals surface area contributed by atoms with Crippen molar-refractivity contribution in [1.82, 2.24) is 4.90 Å². The molecule has 1 heterocycles. The fraction of sp³-hybridized carbons (Fsp3) is 0.562. The molecule has 1 aromatic carbocycles. The minimum absolute atomic E-state index is 0.258. The summed E-state index contributed by atoms with van der Waals surface area (Å²) < 4.78 is 10.9. The third kappa shape index (κ3) is 3.64. The zero-order valence-electron chi connectivity index (χ0n) is 12.9. The van der Waals surface area contributed by atoms with E-state index in [2.05, 4.69) is 6.07 Å². The number of carbonyl (C=O) groups excluding carboxylic acids is 1. The van der Waals surface area contributed by atoms with Gasteiger partial charge in [0.1, 0.15) is 0 Å². The highest BCUT2D eigenvalue weighted by molar-refractivity contribution is 7.98. The molecule has 0 radical (unpaired) electrons. The van der Waals surface area contributed by atoms with Gasteiger partial charge in [-0.25, -0.2) is 0 Å². The number of hydrogen-bond acceptors (Lipinski definition) is 4. The number of carbonyl (C=O) groups is 1. The van der Waals surface area contributed by atoms with E-state index in [4.69, 9.17) is 9.47 Å². The largest absolute Gasteiger partial charge is 0.493 e. The van der Waals surface area contributed by atoms with Crippen LogP contribution in [-0.4, -0.2) is 50.1 Å². The van der Waals surface area contributed by atoms with E-state index < -0.39 is 0 Å². The molecule has 21 heavy (non-hydrogen) atoms. The molecule has 0 saturated carbocycles. The molecule has 1 aromatic rings. The lowest BCUT2D eigenvalue weighted by Crippen LogP contribution is -2.28. The number of thioether (sulfide) groups is 1. The first-order valence-electron chi connectivity index (χ1n) is 7.18. The first-order valence-corrected chi connectivity index (χ1v) is 8.58. The minimum Gasteiger partial charge on any atom is -0.493 e. The van der Waals surface area contributed by atoms with Gasteiger partial charge in [-0.05, 0) is 18.7 Å². The van der Waals surface area contributed by atoms with Gasteiger partial charge in [0.05, 0.1) is 14.2 Å². The number of para-hydroxylation sites is 1. The molecule has 0 N–H and O–H groups in total. The number of nitrogens with zero attached hydrogens (tertiary/aromatic N) is 1. The Morgan fingerprint density at radius 3 is 2.86 bits per heavy atom. The Kier molecular flexibility index (Phi) is 5.79. The molecule has 2 rings (SSSR count). The summed E-state index contributed by atoms with van der Waals surface area (Å²) in [6, 6.07) is 5.95. The van der Waals surface area contributed by atoms with E-state index in [0.717, 1.165) is 42.3 Å². The number of likely N-dealkylation sites (tertiary alicyclic amines) is 1. The summed E-state index contributed by atoms with van der Waals surface area (Å²) in [7, 11) is 3.31. The normalized spacial score (nSPS) is 17.9. The zero-order chi connectivity index (χ0) is 15.2. The summed E-state index contributed by atoms with van der Waals surface area (Å²) >= 11 is 1.71. The third-order valence-corrected chi connectivity index (χ3v) is 4.55. The highest BCUT2D eigenvalue weighted by atomic mass is 32.2. The maximum absolute atomic E-state index is 12.1. The minimum atomic E-state index is 0.258. The lowest BCUT2D eigenvalue weighted by Gasteiger charge is -2.19. The van der Waals surface area contributed by atoms with Crippen LogP contribution >= 0.6 is 11.8 Å². The third-order valence-electron chi connectivity index (χ3n) is 3.93. The van der Waals surface area contributed by atoms with Crippen molar-refractivity contribution in [3.8, 4) is 11.5 Å². The van der Waals surface area contributed by atoms with Crippen molar-refractivity contribution < 1.29 is 14.3 Å². The molecule has 4 nitrogen and oxygen atoms in total. The SMILES string of the molecule is COc1cccc([C@@H]2CCN(C(=O)CCSC)C2)c1OC. The van der Waals surface area contributed by atoms with Crippen molar-refractivity contribution in [2.45, 2.75) is 18.8 Å². The number of hydrogen-bond donors (Lipinski definition) is 0. The molecule has 0 bridgehead atoms. The van der Waals surface area contributed by atoms with Gasteiger partial charge < -0.3 is 14.4 Å². The van der Waals surface area contributed by atoms with Gasteiger partial charge in [0.15, 0.2) is 11.5 Å². The van der Waals surface area contributed by atoms with E-state index in [0.29, 0.717) is 12.3 Å². The fourth-order valence-electron chi connectivity index (χ4n) is 2.82. The van der Waals surface area contributed by atoms with Crippen molar-refractivity contribution in [1.29, 1.82) is 0 Å². The molecule has 1 aliphatic rings. The van der Waals surface area contributed by atoms with E-state index in [9.17, 15) is 4.79 Å². The summed E-state index contributed by atoms with van der Waals surface area (Å²) in [5, 5.41) is 0. The smallest absolute Gasteiger partial charge is 0.223 e. The van der Waals surface area contributed by atoms with Gasteiger partial charge in [0, 0.05) is 36.7 Å². The average molecular weight is 309 g/mol. The van der Waals surface area contributed by atoms with Gasteiger partial charge in [-0.3, -0.25) is 4.79 Å². The monoisotopic (exact) mass is 309 g/mol. The van der Waals surface area contributed by atoms with Crippen molar-refractivity contribution in [3.63, 3.8) is 0 Å². The van der Waals surface area contributed by atoms with Crippen LogP contribution < -0.4 is 9.47 Å². The van der Waals surface area contributed by atoms with Crippen LogP contribution in [0.1, 0.15) is 24.3 Å². The standard InChI is InChI=1S/C16H23NO3S/c1-19-14-6-4-5-13(16(14)20-2)12-7-9-17(11-12)15(18)8-10-21-3/h4-6,12H,7-11H2,1-3H3/t12-/m1/s1.